The maximum absolute atomic E-state index is 12.3. The lowest BCUT2D eigenvalue weighted by molar-refractivity contribution is -0.683. The molecule has 0 saturated carbocycles. The third-order valence-electron chi connectivity index (χ3n) is 3.16. The SMILES string of the molecule is O=C(C[n+]1ccccc1)c1cc2cc(Br)cc(Br)c2oc1=O.[Br-]. The molecule has 4 nitrogen and oxygen atoms in total. The Hall–Kier alpha value is -1.31. The van der Waals surface area contributed by atoms with Crippen molar-refractivity contribution in [1.82, 2.24) is 0 Å². The van der Waals surface area contributed by atoms with Gasteiger partial charge < -0.3 is 21.4 Å². The van der Waals surface area contributed by atoms with Crippen LogP contribution in [0, 0.1) is 0 Å². The number of pyridine rings is 1. The first-order valence-electron chi connectivity index (χ1n) is 6.45. The van der Waals surface area contributed by atoms with E-state index in [-0.39, 0.29) is 34.9 Å². The molecule has 0 fully saturated rings. The fraction of sp³-hybridized carbons (Fsp3) is 0.0625. The topological polar surface area (TPSA) is 51.2 Å². The highest BCUT2D eigenvalue weighted by atomic mass is 79.9. The van der Waals surface area contributed by atoms with Crippen molar-refractivity contribution in [3.05, 3.63) is 73.7 Å². The molecule has 2 aromatic heterocycles. The number of hydrogen-bond acceptors (Lipinski definition) is 3. The maximum Gasteiger partial charge on any atom is 0.347 e. The van der Waals surface area contributed by atoms with Crippen LogP contribution in [-0.2, 0) is 6.54 Å². The van der Waals surface area contributed by atoms with Crippen LogP contribution >= 0.6 is 31.9 Å². The first kappa shape index (κ1) is 18.0. The third kappa shape index (κ3) is 3.97. The number of benzene rings is 1. The summed E-state index contributed by atoms with van der Waals surface area (Å²) >= 11 is 6.72. The van der Waals surface area contributed by atoms with Crippen LogP contribution in [0.2, 0.25) is 0 Å². The molecule has 0 aliphatic heterocycles. The molecular formula is C16H10Br3NO3. The first-order chi connectivity index (χ1) is 10.5. The average molecular weight is 504 g/mol. The quantitative estimate of drug-likeness (QED) is 0.297. The number of hydrogen-bond donors (Lipinski definition) is 0. The molecule has 0 spiro atoms. The van der Waals surface area contributed by atoms with Crippen LogP contribution in [0.25, 0.3) is 11.0 Å². The van der Waals surface area contributed by atoms with E-state index >= 15 is 0 Å². The summed E-state index contributed by atoms with van der Waals surface area (Å²) in [6.45, 7) is 0.0896. The lowest BCUT2D eigenvalue weighted by Gasteiger charge is -2.03. The van der Waals surface area contributed by atoms with E-state index in [1.807, 2.05) is 18.2 Å². The van der Waals surface area contributed by atoms with Gasteiger partial charge in [-0.2, -0.15) is 4.57 Å². The monoisotopic (exact) mass is 501 g/mol. The average Bonchev–Trinajstić information content (AvgIpc) is 2.48. The molecule has 23 heavy (non-hydrogen) atoms. The minimum absolute atomic E-state index is 0. The second-order valence-corrected chi connectivity index (χ2v) is 6.49. The van der Waals surface area contributed by atoms with E-state index in [2.05, 4.69) is 31.9 Å². The minimum Gasteiger partial charge on any atom is -1.00 e. The summed E-state index contributed by atoms with van der Waals surface area (Å²) in [4.78, 5) is 24.4. The van der Waals surface area contributed by atoms with E-state index in [9.17, 15) is 9.59 Å². The van der Waals surface area contributed by atoms with Crippen molar-refractivity contribution in [3.8, 4) is 0 Å². The molecule has 0 atom stereocenters. The molecule has 0 saturated heterocycles. The van der Waals surface area contributed by atoms with Crippen LogP contribution < -0.4 is 27.2 Å². The molecule has 0 unspecified atom stereocenters. The number of fused-ring (bicyclic) bond motifs is 1. The Morgan fingerprint density at radius 3 is 2.48 bits per heavy atom. The lowest BCUT2D eigenvalue weighted by atomic mass is 10.1. The minimum atomic E-state index is -0.628. The molecule has 0 aliphatic carbocycles. The van der Waals surface area contributed by atoms with Crippen LogP contribution in [0.5, 0.6) is 0 Å². The summed E-state index contributed by atoms with van der Waals surface area (Å²) in [5.74, 6) is -0.289. The van der Waals surface area contributed by atoms with E-state index < -0.39 is 5.63 Å². The number of carbonyl (C=O) groups excluding carboxylic acids is 1. The van der Waals surface area contributed by atoms with Gasteiger partial charge in [-0.1, -0.05) is 22.0 Å². The zero-order valence-corrected chi connectivity index (χ0v) is 16.4. The Bertz CT molecular complexity index is 923. The number of rotatable bonds is 3. The zero-order chi connectivity index (χ0) is 15.7. The van der Waals surface area contributed by atoms with Gasteiger partial charge in [0.15, 0.2) is 18.0 Å². The van der Waals surface area contributed by atoms with Gasteiger partial charge in [0, 0.05) is 22.0 Å². The predicted octanol–water partition coefficient (Wildman–Crippen LogP) is 0.492. The second kappa shape index (κ2) is 7.51. The summed E-state index contributed by atoms with van der Waals surface area (Å²) in [5.41, 5.74) is -0.150. The van der Waals surface area contributed by atoms with E-state index in [0.29, 0.717) is 15.4 Å². The van der Waals surface area contributed by atoms with Crippen molar-refractivity contribution in [2.45, 2.75) is 6.54 Å². The van der Waals surface area contributed by atoms with Crippen molar-refractivity contribution in [2.75, 3.05) is 0 Å². The highest BCUT2D eigenvalue weighted by Gasteiger charge is 2.18. The molecule has 7 heteroatoms. The molecule has 0 bridgehead atoms. The summed E-state index contributed by atoms with van der Waals surface area (Å²) < 4.78 is 8.48. The Morgan fingerprint density at radius 2 is 1.78 bits per heavy atom. The Morgan fingerprint density at radius 1 is 1.09 bits per heavy atom. The predicted molar refractivity (Wildman–Crippen MR) is 88.9 cm³/mol. The molecule has 3 aromatic rings. The van der Waals surface area contributed by atoms with Crippen LogP contribution in [-0.4, -0.2) is 5.78 Å². The molecular weight excluding hydrogens is 494 g/mol. The van der Waals surface area contributed by atoms with Gasteiger partial charge in [-0.25, -0.2) is 4.79 Å². The van der Waals surface area contributed by atoms with Gasteiger partial charge >= 0.3 is 5.63 Å². The van der Waals surface area contributed by atoms with Crippen molar-refractivity contribution >= 4 is 48.6 Å². The van der Waals surface area contributed by atoms with Crippen molar-refractivity contribution < 1.29 is 30.8 Å². The molecule has 118 valence electrons. The van der Waals surface area contributed by atoms with Gasteiger partial charge in [-0.3, -0.25) is 4.79 Å². The zero-order valence-electron chi connectivity index (χ0n) is 11.6. The number of nitrogens with zero attached hydrogens (tertiary/aromatic N) is 1. The molecule has 2 heterocycles. The van der Waals surface area contributed by atoms with Crippen LogP contribution in [0.4, 0.5) is 0 Å². The normalized spacial score (nSPS) is 10.3. The van der Waals surface area contributed by atoms with Gasteiger partial charge in [0.2, 0.25) is 12.3 Å². The largest absolute Gasteiger partial charge is 1.00 e. The lowest BCUT2D eigenvalue weighted by Crippen LogP contribution is -3.00. The van der Waals surface area contributed by atoms with E-state index in [1.165, 1.54) is 0 Å². The number of ketones is 1. The summed E-state index contributed by atoms with van der Waals surface area (Å²) in [7, 11) is 0. The smallest absolute Gasteiger partial charge is 0.347 e. The fourth-order valence-electron chi connectivity index (χ4n) is 2.14. The van der Waals surface area contributed by atoms with Crippen LogP contribution in [0.3, 0.4) is 0 Å². The third-order valence-corrected chi connectivity index (χ3v) is 4.20. The fourth-order valence-corrected chi connectivity index (χ4v) is 3.48. The molecule has 3 rings (SSSR count). The van der Waals surface area contributed by atoms with Gasteiger partial charge in [-0.05, 0) is 34.1 Å². The number of aromatic nitrogens is 1. The van der Waals surface area contributed by atoms with Gasteiger partial charge in [0.1, 0.15) is 5.56 Å². The summed E-state index contributed by atoms with van der Waals surface area (Å²) in [5, 5.41) is 0.683. The number of halogens is 3. The van der Waals surface area contributed by atoms with Crippen molar-refractivity contribution in [3.63, 3.8) is 0 Å². The van der Waals surface area contributed by atoms with Gasteiger partial charge in [-0.15, -0.1) is 0 Å². The Labute approximate surface area is 159 Å². The van der Waals surface area contributed by atoms with E-state index in [1.54, 1.807) is 35.2 Å². The van der Waals surface area contributed by atoms with Crippen LogP contribution in [0.15, 0.2) is 66.9 Å². The van der Waals surface area contributed by atoms with Crippen molar-refractivity contribution in [1.29, 1.82) is 0 Å². The van der Waals surface area contributed by atoms with E-state index in [0.717, 1.165) is 4.47 Å². The van der Waals surface area contributed by atoms with Gasteiger partial charge in [0.25, 0.3) is 0 Å². The van der Waals surface area contributed by atoms with E-state index in [4.69, 9.17) is 4.42 Å². The number of carbonyl (C=O) groups is 1. The second-order valence-electron chi connectivity index (χ2n) is 4.72. The van der Waals surface area contributed by atoms with Gasteiger partial charge in [0.05, 0.1) is 4.47 Å². The standard InChI is InChI=1S/C16H10Br2NO3.BrH/c17-11-6-10-7-12(16(21)22-15(10)13(18)8-11)14(20)9-19-4-2-1-3-5-19;/h1-8H,9H2;1H/q+1;/p-1. The first-order valence-corrected chi connectivity index (χ1v) is 8.03. The highest BCUT2D eigenvalue weighted by molar-refractivity contribution is 9.11. The molecule has 0 amide bonds. The molecule has 1 aromatic carbocycles. The molecule has 0 N–H and O–H groups in total. The molecule has 0 radical (unpaired) electrons. The Kier molecular flexibility index (Phi) is 5.89. The van der Waals surface area contributed by atoms with Crippen LogP contribution in [0.1, 0.15) is 10.4 Å². The Balaban J connectivity index is 0.00000192. The molecule has 0 aliphatic rings. The summed E-state index contributed by atoms with van der Waals surface area (Å²) in [6, 6.07) is 10.7. The van der Waals surface area contributed by atoms with Crippen molar-refractivity contribution in [2.24, 2.45) is 0 Å². The number of Topliss-reactive ketones (excluding diaryl/α,β-unsaturated/α-hetero) is 1. The highest BCUT2D eigenvalue weighted by Crippen LogP contribution is 2.28. The summed E-state index contributed by atoms with van der Waals surface area (Å²) in [6.07, 6.45) is 3.54. The maximum atomic E-state index is 12.3.